The number of benzene rings is 2. The zero-order valence-electron chi connectivity index (χ0n) is 11.6. The van der Waals surface area contributed by atoms with Crippen molar-refractivity contribution in [2.75, 3.05) is 13.1 Å². The number of hydrogen-bond donors (Lipinski definition) is 1. The molecule has 0 amide bonds. The van der Waals surface area contributed by atoms with Crippen molar-refractivity contribution < 1.29 is 0 Å². The minimum atomic E-state index is 0.319. The molecule has 2 aromatic carbocycles. The maximum absolute atomic E-state index is 5.99. The Hall–Kier alpha value is -1.31. The number of halogens is 1. The molecule has 0 bridgehead atoms. The van der Waals surface area contributed by atoms with Crippen LogP contribution in [0, 0.1) is 0 Å². The Morgan fingerprint density at radius 3 is 2.25 bits per heavy atom. The fraction of sp³-hybridized carbons (Fsp3) is 0.333. The fourth-order valence-electron chi connectivity index (χ4n) is 3.03. The van der Waals surface area contributed by atoms with E-state index in [0.29, 0.717) is 5.41 Å². The van der Waals surface area contributed by atoms with E-state index in [1.54, 1.807) is 0 Å². The average molecular weight is 286 g/mol. The maximum atomic E-state index is 5.99. The zero-order valence-corrected chi connectivity index (χ0v) is 12.4. The van der Waals surface area contributed by atoms with Crippen LogP contribution in [0.4, 0.5) is 0 Å². The zero-order chi connectivity index (χ0) is 13.8. The van der Waals surface area contributed by atoms with Crippen LogP contribution in [0.1, 0.15) is 24.0 Å². The Balaban J connectivity index is 1.63. The first-order valence-corrected chi connectivity index (χ1v) is 7.67. The molecule has 0 spiro atoms. The summed E-state index contributed by atoms with van der Waals surface area (Å²) in [5, 5.41) is 4.25. The molecule has 1 aliphatic rings. The van der Waals surface area contributed by atoms with E-state index in [9.17, 15) is 0 Å². The van der Waals surface area contributed by atoms with Gasteiger partial charge in [0.15, 0.2) is 0 Å². The van der Waals surface area contributed by atoms with Gasteiger partial charge in [-0.1, -0.05) is 54.1 Å². The van der Waals surface area contributed by atoms with E-state index in [1.807, 2.05) is 12.1 Å². The fourth-order valence-corrected chi connectivity index (χ4v) is 3.16. The topological polar surface area (TPSA) is 12.0 Å². The number of nitrogens with one attached hydrogen (secondary N) is 1. The molecular weight excluding hydrogens is 266 g/mol. The van der Waals surface area contributed by atoms with Crippen molar-refractivity contribution in [3.63, 3.8) is 0 Å². The highest BCUT2D eigenvalue weighted by atomic mass is 35.5. The molecule has 0 unspecified atom stereocenters. The van der Waals surface area contributed by atoms with Crippen molar-refractivity contribution >= 4 is 11.6 Å². The van der Waals surface area contributed by atoms with Crippen molar-refractivity contribution in [3.8, 4) is 0 Å². The molecule has 1 nitrogen and oxygen atoms in total. The molecule has 104 valence electrons. The molecule has 20 heavy (non-hydrogen) atoms. The van der Waals surface area contributed by atoms with E-state index in [1.165, 1.54) is 24.0 Å². The Bertz CT molecular complexity index is 543. The van der Waals surface area contributed by atoms with E-state index in [4.69, 9.17) is 11.6 Å². The van der Waals surface area contributed by atoms with Gasteiger partial charge in [-0.3, -0.25) is 0 Å². The van der Waals surface area contributed by atoms with Gasteiger partial charge >= 0.3 is 0 Å². The Morgan fingerprint density at radius 2 is 1.65 bits per heavy atom. The highest BCUT2D eigenvalue weighted by Crippen LogP contribution is 2.34. The molecule has 1 heterocycles. The second kappa shape index (κ2) is 5.99. The Labute approximate surface area is 126 Å². The lowest BCUT2D eigenvalue weighted by Gasteiger charge is -2.43. The molecule has 1 aliphatic heterocycles. The van der Waals surface area contributed by atoms with Gasteiger partial charge < -0.3 is 5.32 Å². The molecule has 2 aromatic rings. The van der Waals surface area contributed by atoms with Crippen LogP contribution in [0.15, 0.2) is 54.6 Å². The van der Waals surface area contributed by atoms with Gasteiger partial charge in [0, 0.05) is 23.5 Å². The molecule has 0 radical (unpaired) electrons. The van der Waals surface area contributed by atoms with Gasteiger partial charge in [-0.15, -0.1) is 0 Å². The third-order valence-electron chi connectivity index (χ3n) is 4.35. The largest absolute Gasteiger partial charge is 0.315 e. The van der Waals surface area contributed by atoms with Crippen molar-refractivity contribution in [1.82, 2.24) is 5.32 Å². The first-order chi connectivity index (χ1) is 9.78. The molecule has 3 rings (SSSR count). The summed E-state index contributed by atoms with van der Waals surface area (Å²) in [4.78, 5) is 0. The minimum absolute atomic E-state index is 0.319. The lowest BCUT2D eigenvalue weighted by atomic mass is 9.71. The van der Waals surface area contributed by atoms with Gasteiger partial charge in [-0.25, -0.2) is 0 Å². The molecule has 0 saturated carbocycles. The molecule has 1 N–H and O–H groups in total. The average Bonchev–Trinajstić information content (AvgIpc) is 2.44. The third kappa shape index (κ3) is 2.89. The summed E-state index contributed by atoms with van der Waals surface area (Å²) in [6.45, 7) is 2.17. The second-order valence-electron chi connectivity index (χ2n) is 5.73. The lowest BCUT2D eigenvalue weighted by Crippen LogP contribution is -2.56. The van der Waals surface area contributed by atoms with Crippen LogP contribution in [-0.2, 0) is 11.8 Å². The van der Waals surface area contributed by atoms with E-state index >= 15 is 0 Å². The Morgan fingerprint density at radius 1 is 0.950 bits per heavy atom. The summed E-state index contributed by atoms with van der Waals surface area (Å²) in [6.07, 6.45) is 3.63. The number of rotatable bonds is 5. The highest BCUT2D eigenvalue weighted by molar-refractivity contribution is 6.30. The van der Waals surface area contributed by atoms with Crippen molar-refractivity contribution in [3.05, 3.63) is 70.7 Å². The first kappa shape index (κ1) is 13.7. The van der Waals surface area contributed by atoms with Crippen LogP contribution in [0.2, 0.25) is 5.02 Å². The van der Waals surface area contributed by atoms with Crippen molar-refractivity contribution in [2.24, 2.45) is 0 Å². The monoisotopic (exact) mass is 285 g/mol. The van der Waals surface area contributed by atoms with Crippen LogP contribution < -0.4 is 5.32 Å². The number of hydrogen-bond acceptors (Lipinski definition) is 1. The van der Waals surface area contributed by atoms with E-state index < -0.39 is 0 Å². The van der Waals surface area contributed by atoms with Crippen molar-refractivity contribution in [1.29, 1.82) is 0 Å². The molecule has 2 heteroatoms. The predicted octanol–water partition coefficient (Wildman–Crippen LogP) is 4.20. The molecule has 0 atom stereocenters. The summed E-state index contributed by atoms with van der Waals surface area (Å²) >= 11 is 5.99. The molecular formula is C18H20ClN. The Kier molecular flexibility index (Phi) is 4.09. The normalized spacial score (nSPS) is 16.6. The molecule has 0 aliphatic carbocycles. The van der Waals surface area contributed by atoms with Crippen LogP contribution in [-0.4, -0.2) is 13.1 Å². The standard InChI is InChI=1S/C18H20ClN/c19-17-10-8-16(9-11-17)18(13-20-14-18)12-4-7-15-5-2-1-3-6-15/h1-3,5-6,8-11,20H,4,7,12-14H2. The molecule has 0 aromatic heterocycles. The van der Waals surface area contributed by atoms with E-state index in [-0.39, 0.29) is 0 Å². The van der Waals surface area contributed by atoms with E-state index in [0.717, 1.165) is 24.5 Å². The first-order valence-electron chi connectivity index (χ1n) is 7.29. The third-order valence-corrected chi connectivity index (χ3v) is 4.60. The summed E-state index contributed by atoms with van der Waals surface area (Å²) in [7, 11) is 0. The highest BCUT2D eigenvalue weighted by Gasteiger charge is 2.37. The van der Waals surface area contributed by atoms with Gasteiger partial charge in [-0.2, -0.15) is 0 Å². The molecule has 1 fully saturated rings. The lowest BCUT2D eigenvalue weighted by molar-refractivity contribution is 0.252. The second-order valence-corrected chi connectivity index (χ2v) is 6.17. The minimum Gasteiger partial charge on any atom is -0.315 e. The summed E-state index contributed by atoms with van der Waals surface area (Å²) in [6, 6.07) is 19.1. The van der Waals surface area contributed by atoms with Crippen LogP contribution in [0.5, 0.6) is 0 Å². The van der Waals surface area contributed by atoms with Crippen LogP contribution >= 0.6 is 11.6 Å². The van der Waals surface area contributed by atoms with Crippen LogP contribution in [0.3, 0.4) is 0 Å². The van der Waals surface area contributed by atoms with Gasteiger partial charge in [0.25, 0.3) is 0 Å². The quantitative estimate of drug-likeness (QED) is 0.868. The molecule has 1 saturated heterocycles. The smallest absolute Gasteiger partial charge is 0.0406 e. The number of aryl methyl sites for hydroxylation is 1. The predicted molar refractivity (Wildman–Crippen MR) is 85.4 cm³/mol. The summed E-state index contributed by atoms with van der Waals surface area (Å²) < 4.78 is 0. The van der Waals surface area contributed by atoms with Gasteiger partial charge in [0.1, 0.15) is 0 Å². The maximum Gasteiger partial charge on any atom is 0.0406 e. The van der Waals surface area contributed by atoms with Gasteiger partial charge in [-0.05, 0) is 42.5 Å². The van der Waals surface area contributed by atoms with Gasteiger partial charge in [0.05, 0.1) is 0 Å². The van der Waals surface area contributed by atoms with E-state index in [2.05, 4.69) is 47.8 Å². The van der Waals surface area contributed by atoms with Gasteiger partial charge in [0.2, 0.25) is 0 Å². The van der Waals surface area contributed by atoms with Crippen LogP contribution in [0.25, 0.3) is 0 Å². The SMILES string of the molecule is Clc1ccc(C2(CCCc3ccccc3)CNC2)cc1. The van der Waals surface area contributed by atoms with Crippen molar-refractivity contribution in [2.45, 2.75) is 24.7 Å². The summed E-state index contributed by atoms with van der Waals surface area (Å²) in [5.41, 5.74) is 3.18. The summed E-state index contributed by atoms with van der Waals surface area (Å²) in [5.74, 6) is 0.